The highest BCUT2D eigenvalue weighted by molar-refractivity contribution is 7.13. The molecule has 2 atom stereocenters. The molecule has 3 rings (SSSR count). The zero-order valence-electron chi connectivity index (χ0n) is 10.4. The topological polar surface area (TPSA) is 75.5 Å². The zero-order valence-corrected chi connectivity index (χ0v) is 11.2. The molecule has 2 saturated heterocycles. The average Bonchev–Trinajstić information content (AvgIpc) is 3.04. The van der Waals surface area contributed by atoms with E-state index in [9.17, 15) is 14.9 Å². The van der Waals surface area contributed by atoms with E-state index >= 15 is 0 Å². The Hall–Kier alpha value is -1.47. The summed E-state index contributed by atoms with van der Waals surface area (Å²) in [7, 11) is 0. The molecular weight excluding hydrogens is 266 g/mol. The van der Waals surface area contributed by atoms with Crippen LogP contribution < -0.4 is 5.32 Å². The Labute approximate surface area is 114 Å². The summed E-state index contributed by atoms with van der Waals surface area (Å²) in [5, 5.41) is 15.7. The SMILES string of the molecule is O=C(c1csc([N+](=O)[O-])c1)N1CC2CCCNC2C1. The van der Waals surface area contributed by atoms with Crippen molar-refractivity contribution in [3.63, 3.8) is 0 Å². The Kier molecular flexibility index (Phi) is 3.24. The molecule has 0 aliphatic carbocycles. The summed E-state index contributed by atoms with van der Waals surface area (Å²) in [5.74, 6) is 0.451. The number of fused-ring (bicyclic) bond motifs is 1. The molecule has 1 N–H and O–H groups in total. The second kappa shape index (κ2) is 4.90. The highest BCUT2D eigenvalue weighted by atomic mass is 32.1. The third-order valence-corrected chi connectivity index (χ3v) is 4.78. The van der Waals surface area contributed by atoms with E-state index in [4.69, 9.17) is 0 Å². The zero-order chi connectivity index (χ0) is 13.4. The Morgan fingerprint density at radius 3 is 3.05 bits per heavy atom. The minimum atomic E-state index is -0.452. The normalized spacial score (nSPS) is 26.2. The fraction of sp³-hybridized carbons (Fsp3) is 0.583. The molecule has 1 amide bonds. The highest BCUT2D eigenvalue weighted by Crippen LogP contribution is 2.28. The maximum atomic E-state index is 12.3. The lowest BCUT2D eigenvalue weighted by Gasteiger charge is -2.24. The van der Waals surface area contributed by atoms with Gasteiger partial charge < -0.3 is 10.2 Å². The molecule has 0 spiro atoms. The molecule has 1 aromatic rings. The van der Waals surface area contributed by atoms with Crippen LogP contribution in [0.15, 0.2) is 11.4 Å². The molecule has 1 aromatic heterocycles. The first-order valence-corrected chi connectivity index (χ1v) is 7.28. The minimum absolute atomic E-state index is 0.0260. The fourth-order valence-corrected chi connectivity index (χ4v) is 3.63. The van der Waals surface area contributed by atoms with Crippen molar-refractivity contribution in [3.05, 3.63) is 27.1 Å². The van der Waals surface area contributed by atoms with Crippen molar-refractivity contribution in [2.45, 2.75) is 18.9 Å². The number of carbonyl (C=O) groups excluding carboxylic acids is 1. The summed E-state index contributed by atoms with van der Waals surface area (Å²) in [6.45, 7) is 2.50. The van der Waals surface area contributed by atoms with Crippen LogP contribution in [0.4, 0.5) is 5.00 Å². The molecule has 2 unspecified atom stereocenters. The summed E-state index contributed by atoms with van der Waals surface area (Å²) in [5.41, 5.74) is 0.440. The number of carbonyl (C=O) groups is 1. The Bertz CT molecular complexity index is 502. The number of hydrogen-bond donors (Lipinski definition) is 1. The molecule has 7 heteroatoms. The van der Waals surface area contributed by atoms with E-state index < -0.39 is 4.92 Å². The van der Waals surface area contributed by atoms with Crippen molar-refractivity contribution < 1.29 is 9.72 Å². The molecule has 0 aromatic carbocycles. The van der Waals surface area contributed by atoms with Gasteiger partial charge >= 0.3 is 5.00 Å². The molecule has 0 radical (unpaired) electrons. The van der Waals surface area contributed by atoms with Crippen molar-refractivity contribution in [1.29, 1.82) is 0 Å². The van der Waals surface area contributed by atoms with Gasteiger partial charge in [-0.15, -0.1) is 0 Å². The van der Waals surface area contributed by atoms with E-state index in [1.54, 1.807) is 5.38 Å². The van der Waals surface area contributed by atoms with Gasteiger partial charge in [0.25, 0.3) is 5.91 Å². The monoisotopic (exact) mass is 281 g/mol. The van der Waals surface area contributed by atoms with Gasteiger partial charge in [-0.05, 0) is 25.3 Å². The molecule has 0 saturated carbocycles. The van der Waals surface area contributed by atoms with E-state index in [-0.39, 0.29) is 10.9 Å². The van der Waals surface area contributed by atoms with Crippen molar-refractivity contribution in [2.75, 3.05) is 19.6 Å². The number of nitrogens with one attached hydrogen (secondary N) is 1. The molecule has 2 aliphatic rings. The number of nitro groups is 1. The van der Waals surface area contributed by atoms with Crippen LogP contribution in [0.5, 0.6) is 0 Å². The fourth-order valence-electron chi connectivity index (χ4n) is 2.93. The highest BCUT2D eigenvalue weighted by Gasteiger charge is 2.37. The summed E-state index contributed by atoms with van der Waals surface area (Å²) in [6, 6.07) is 1.77. The van der Waals surface area contributed by atoms with Crippen molar-refractivity contribution >= 4 is 22.2 Å². The second-order valence-electron chi connectivity index (χ2n) is 5.10. The van der Waals surface area contributed by atoms with Crippen LogP contribution >= 0.6 is 11.3 Å². The van der Waals surface area contributed by atoms with Gasteiger partial charge in [0.05, 0.1) is 10.5 Å². The molecule has 19 heavy (non-hydrogen) atoms. The molecular formula is C12H15N3O3S. The largest absolute Gasteiger partial charge is 0.337 e. The summed E-state index contributed by atoms with van der Waals surface area (Å²) in [6.07, 6.45) is 2.32. The lowest BCUT2D eigenvalue weighted by molar-refractivity contribution is -0.380. The average molecular weight is 281 g/mol. The standard InChI is InChI=1S/C12H15N3O3S/c16-12(9-4-11(15(17)18)19-7-9)14-5-8-2-1-3-13-10(8)6-14/h4,7-8,10,13H,1-3,5-6H2. The van der Waals surface area contributed by atoms with Crippen LogP contribution in [0.2, 0.25) is 0 Å². The van der Waals surface area contributed by atoms with Gasteiger partial charge in [0, 0.05) is 30.6 Å². The lowest BCUT2D eigenvalue weighted by Crippen LogP contribution is -2.41. The van der Waals surface area contributed by atoms with E-state index in [2.05, 4.69) is 5.32 Å². The van der Waals surface area contributed by atoms with Crippen molar-refractivity contribution in [2.24, 2.45) is 5.92 Å². The Morgan fingerprint density at radius 2 is 2.37 bits per heavy atom. The molecule has 2 fully saturated rings. The summed E-state index contributed by atoms with van der Waals surface area (Å²) in [4.78, 5) is 24.3. The van der Waals surface area contributed by atoms with E-state index in [1.165, 1.54) is 6.07 Å². The van der Waals surface area contributed by atoms with Crippen LogP contribution in [-0.2, 0) is 0 Å². The third kappa shape index (κ3) is 2.35. The van der Waals surface area contributed by atoms with E-state index in [0.29, 0.717) is 24.1 Å². The van der Waals surface area contributed by atoms with Gasteiger partial charge in [0.1, 0.15) is 0 Å². The number of thiophene rings is 1. The molecule has 3 heterocycles. The number of likely N-dealkylation sites (tertiary alicyclic amines) is 1. The quantitative estimate of drug-likeness (QED) is 0.658. The van der Waals surface area contributed by atoms with Crippen LogP contribution in [0, 0.1) is 16.0 Å². The molecule has 0 bridgehead atoms. The Balaban J connectivity index is 1.71. The molecule has 2 aliphatic heterocycles. The van der Waals surface area contributed by atoms with Gasteiger partial charge in [0.2, 0.25) is 0 Å². The van der Waals surface area contributed by atoms with Gasteiger partial charge in [-0.25, -0.2) is 0 Å². The second-order valence-corrected chi connectivity index (χ2v) is 5.99. The summed E-state index contributed by atoms with van der Waals surface area (Å²) < 4.78 is 0. The maximum Gasteiger partial charge on any atom is 0.324 e. The van der Waals surface area contributed by atoms with Gasteiger partial charge in [-0.3, -0.25) is 14.9 Å². The first-order chi connectivity index (χ1) is 9.15. The smallest absolute Gasteiger partial charge is 0.324 e. The number of amides is 1. The van der Waals surface area contributed by atoms with Crippen molar-refractivity contribution in [1.82, 2.24) is 10.2 Å². The van der Waals surface area contributed by atoms with E-state index in [1.807, 2.05) is 4.90 Å². The Morgan fingerprint density at radius 1 is 1.53 bits per heavy atom. The van der Waals surface area contributed by atoms with Gasteiger partial charge in [0.15, 0.2) is 0 Å². The van der Waals surface area contributed by atoms with Gasteiger partial charge in [-0.1, -0.05) is 11.3 Å². The first kappa shape index (κ1) is 12.6. The number of hydrogen-bond acceptors (Lipinski definition) is 5. The van der Waals surface area contributed by atoms with Crippen LogP contribution in [-0.4, -0.2) is 41.4 Å². The first-order valence-electron chi connectivity index (χ1n) is 6.41. The predicted molar refractivity (Wildman–Crippen MR) is 71.4 cm³/mol. The summed E-state index contributed by atoms with van der Waals surface area (Å²) >= 11 is 1.01. The van der Waals surface area contributed by atoms with E-state index in [0.717, 1.165) is 37.3 Å². The predicted octanol–water partition coefficient (Wildman–Crippen LogP) is 1.48. The molecule has 6 nitrogen and oxygen atoms in total. The lowest BCUT2D eigenvalue weighted by atomic mass is 9.94. The van der Waals surface area contributed by atoms with Crippen LogP contribution in [0.25, 0.3) is 0 Å². The number of piperidine rings is 1. The third-order valence-electron chi connectivity index (χ3n) is 3.90. The van der Waals surface area contributed by atoms with Crippen LogP contribution in [0.1, 0.15) is 23.2 Å². The van der Waals surface area contributed by atoms with Crippen molar-refractivity contribution in [3.8, 4) is 0 Å². The maximum absolute atomic E-state index is 12.3. The van der Waals surface area contributed by atoms with Crippen LogP contribution in [0.3, 0.4) is 0 Å². The van der Waals surface area contributed by atoms with Gasteiger partial charge in [-0.2, -0.15) is 0 Å². The minimum Gasteiger partial charge on any atom is -0.337 e. The molecule has 102 valence electrons. The number of nitrogens with zero attached hydrogens (tertiary/aromatic N) is 2. The number of rotatable bonds is 2.